The van der Waals surface area contributed by atoms with Crippen LogP contribution in [0.1, 0.15) is 16.9 Å². The van der Waals surface area contributed by atoms with Crippen molar-refractivity contribution < 1.29 is 12.8 Å². The van der Waals surface area contributed by atoms with Crippen molar-refractivity contribution in [3.8, 4) is 0 Å². The average molecular weight is 461 g/mol. The lowest BCUT2D eigenvalue weighted by Gasteiger charge is -2.14. The Morgan fingerprint density at radius 3 is 2.45 bits per heavy atom. The summed E-state index contributed by atoms with van der Waals surface area (Å²) in [7, 11) is -4.07. The number of aromatic nitrogens is 3. The highest BCUT2D eigenvalue weighted by molar-refractivity contribution is 7.91. The minimum Gasteiger partial charge on any atom is -0.467 e. The molecule has 0 saturated heterocycles. The molecule has 0 aliphatic carbocycles. The van der Waals surface area contributed by atoms with Crippen LogP contribution in [0.4, 0.5) is 0 Å². The topological polar surface area (TPSA) is 110 Å². The van der Waals surface area contributed by atoms with Gasteiger partial charge in [-0.3, -0.25) is 14.6 Å². The van der Waals surface area contributed by atoms with Gasteiger partial charge in [0.25, 0.3) is 5.56 Å². The summed E-state index contributed by atoms with van der Waals surface area (Å²) < 4.78 is 35.2. The van der Waals surface area contributed by atoms with Crippen LogP contribution >= 0.6 is 0 Å². The van der Waals surface area contributed by atoms with Crippen LogP contribution in [-0.2, 0) is 16.4 Å². The number of fused-ring (bicyclic) bond motifs is 2. The third-order valence-electron chi connectivity index (χ3n) is 5.53. The fraction of sp³-hybridized carbons (Fsp3) is 0.125. The lowest BCUT2D eigenvalue weighted by atomic mass is 10.2. The second-order valence-electron chi connectivity index (χ2n) is 7.93. The van der Waals surface area contributed by atoms with Crippen molar-refractivity contribution in [2.45, 2.75) is 30.2 Å². The van der Waals surface area contributed by atoms with Gasteiger partial charge in [0.1, 0.15) is 27.4 Å². The van der Waals surface area contributed by atoms with Crippen LogP contribution in [0.5, 0.6) is 0 Å². The average Bonchev–Trinajstić information content (AvgIpc) is 3.30. The Labute approximate surface area is 188 Å². The maximum atomic E-state index is 13.5. The molecule has 0 fully saturated rings. The van der Waals surface area contributed by atoms with E-state index in [0.29, 0.717) is 11.4 Å². The molecule has 33 heavy (non-hydrogen) atoms. The second-order valence-corrected chi connectivity index (χ2v) is 9.85. The lowest BCUT2D eigenvalue weighted by Crippen LogP contribution is -2.30. The van der Waals surface area contributed by atoms with Crippen LogP contribution in [0.15, 0.2) is 86.1 Å². The molecule has 4 heterocycles. The van der Waals surface area contributed by atoms with E-state index in [1.54, 1.807) is 36.5 Å². The Balaban J connectivity index is 1.89. The molecule has 166 valence electrons. The zero-order valence-corrected chi connectivity index (χ0v) is 18.8. The molecular weight excluding hydrogens is 440 g/mol. The Bertz CT molecular complexity index is 1750. The molecule has 0 spiro atoms. The first kappa shape index (κ1) is 20.9. The highest BCUT2D eigenvalue weighted by Gasteiger charge is 2.24. The Morgan fingerprint density at radius 1 is 1.03 bits per heavy atom. The van der Waals surface area contributed by atoms with Gasteiger partial charge in [-0.1, -0.05) is 23.8 Å². The lowest BCUT2D eigenvalue weighted by molar-refractivity contribution is 0.488. The van der Waals surface area contributed by atoms with E-state index < -0.39 is 15.4 Å². The molecule has 5 rings (SSSR count). The molecule has 0 radical (unpaired) electrons. The molecule has 9 heteroatoms. The van der Waals surface area contributed by atoms with Gasteiger partial charge in [0.15, 0.2) is 0 Å². The smallest absolute Gasteiger partial charge is 0.267 e. The third-order valence-corrected chi connectivity index (χ3v) is 7.32. The van der Waals surface area contributed by atoms with Gasteiger partial charge in [0.2, 0.25) is 9.84 Å². The first-order valence-electron chi connectivity index (χ1n) is 10.2. The summed E-state index contributed by atoms with van der Waals surface area (Å²) in [4.78, 5) is 17.8. The minimum absolute atomic E-state index is 0.0497. The van der Waals surface area contributed by atoms with Crippen molar-refractivity contribution in [1.29, 1.82) is 5.41 Å². The summed E-state index contributed by atoms with van der Waals surface area (Å²) in [5.74, 6) is 0.505. The van der Waals surface area contributed by atoms with Gasteiger partial charge < -0.3 is 8.98 Å². The predicted octanol–water partition coefficient (Wildman–Crippen LogP) is 3.22. The number of pyridine rings is 2. The quantitative estimate of drug-likeness (QED) is 0.414. The molecule has 0 aliphatic heterocycles. The molecule has 8 nitrogen and oxygen atoms in total. The van der Waals surface area contributed by atoms with Crippen molar-refractivity contribution >= 4 is 26.5 Å². The summed E-state index contributed by atoms with van der Waals surface area (Å²) in [6.07, 6.45) is 3.15. The standard InChI is InChI=1S/C24H20N4O4S/c1-15-5-8-18(9-6-15)33(30,31)20-12-19-23(28(22(20)25)14-17-4-3-11-32-17)26-21-10-7-16(2)13-27(21)24(19)29/h3-13,25H,14H2,1-2H3. The number of aryl methyl sites for hydroxylation is 2. The number of sulfone groups is 1. The minimum atomic E-state index is -4.07. The maximum Gasteiger partial charge on any atom is 0.267 e. The van der Waals surface area contributed by atoms with E-state index in [4.69, 9.17) is 9.83 Å². The van der Waals surface area contributed by atoms with Gasteiger partial charge in [0.05, 0.1) is 23.1 Å². The van der Waals surface area contributed by atoms with Crippen molar-refractivity contribution in [1.82, 2.24) is 14.0 Å². The largest absolute Gasteiger partial charge is 0.467 e. The molecule has 0 unspecified atom stereocenters. The predicted molar refractivity (Wildman–Crippen MR) is 122 cm³/mol. The molecule has 0 atom stereocenters. The van der Waals surface area contributed by atoms with Gasteiger partial charge >= 0.3 is 0 Å². The van der Waals surface area contributed by atoms with E-state index in [2.05, 4.69) is 4.98 Å². The van der Waals surface area contributed by atoms with Crippen molar-refractivity contribution in [2.75, 3.05) is 0 Å². The summed E-state index contributed by atoms with van der Waals surface area (Å²) >= 11 is 0. The van der Waals surface area contributed by atoms with E-state index in [1.165, 1.54) is 33.4 Å². The van der Waals surface area contributed by atoms with Gasteiger partial charge in [-0.05, 0) is 55.8 Å². The maximum absolute atomic E-state index is 13.5. The summed E-state index contributed by atoms with van der Waals surface area (Å²) in [5.41, 5.74) is 1.71. The first-order chi connectivity index (χ1) is 15.8. The Hall–Kier alpha value is -3.98. The number of furan rings is 1. The number of hydrogen-bond acceptors (Lipinski definition) is 6. The SMILES string of the molecule is Cc1ccc(S(=O)(=O)c2cc3c(=O)n4cc(C)ccc4nc3n(Cc3ccco3)c2=N)cc1. The molecule has 0 aliphatic rings. The number of nitrogens with one attached hydrogen (secondary N) is 1. The second kappa shape index (κ2) is 7.56. The molecule has 1 aromatic carbocycles. The first-order valence-corrected chi connectivity index (χ1v) is 11.7. The highest BCUT2D eigenvalue weighted by atomic mass is 32.2. The van der Waals surface area contributed by atoms with E-state index in [1.807, 2.05) is 19.9 Å². The van der Waals surface area contributed by atoms with Crippen molar-refractivity contribution in [3.05, 3.63) is 99.8 Å². The van der Waals surface area contributed by atoms with E-state index in [9.17, 15) is 13.2 Å². The third kappa shape index (κ3) is 3.46. The fourth-order valence-electron chi connectivity index (χ4n) is 3.78. The zero-order chi connectivity index (χ0) is 23.3. The van der Waals surface area contributed by atoms with E-state index >= 15 is 0 Å². The molecule has 0 amide bonds. The Kier molecular flexibility index (Phi) is 4.79. The number of nitrogens with zero attached hydrogens (tertiary/aromatic N) is 3. The fourth-order valence-corrected chi connectivity index (χ4v) is 5.17. The van der Waals surface area contributed by atoms with Crippen LogP contribution in [0.25, 0.3) is 16.7 Å². The number of benzene rings is 1. The van der Waals surface area contributed by atoms with Crippen LogP contribution in [0.2, 0.25) is 0 Å². The Morgan fingerprint density at radius 2 is 1.76 bits per heavy atom. The normalized spacial score (nSPS) is 11.9. The molecule has 0 saturated carbocycles. The van der Waals surface area contributed by atoms with Crippen LogP contribution in [-0.4, -0.2) is 22.4 Å². The van der Waals surface area contributed by atoms with Crippen LogP contribution < -0.4 is 11.0 Å². The van der Waals surface area contributed by atoms with Gasteiger partial charge in [-0.2, -0.15) is 0 Å². The summed E-state index contributed by atoms with van der Waals surface area (Å²) in [6, 6.07) is 14.6. The molecular formula is C24H20N4O4S. The highest BCUT2D eigenvalue weighted by Crippen LogP contribution is 2.22. The van der Waals surface area contributed by atoms with Gasteiger partial charge in [-0.25, -0.2) is 13.4 Å². The summed E-state index contributed by atoms with van der Waals surface area (Å²) in [5, 5.41) is 8.89. The van der Waals surface area contributed by atoms with Gasteiger partial charge in [-0.15, -0.1) is 0 Å². The molecule has 0 bridgehead atoms. The molecule has 4 aromatic heterocycles. The van der Waals surface area contributed by atoms with Crippen molar-refractivity contribution in [2.24, 2.45) is 0 Å². The monoisotopic (exact) mass is 460 g/mol. The number of rotatable bonds is 4. The van der Waals surface area contributed by atoms with Gasteiger partial charge in [0, 0.05) is 6.20 Å². The van der Waals surface area contributed by atoms with Crippen LogP contribution in [0, 0.1) is 19.3 Å². The molecule has 5 aromatic rings. The zero-order valence-electron chi connectivity index (χ0n) is 17.9. The van der Waals surface area contributed by atoms with E-state index in [0.717, 1.165) is 11.1 Å². The summed E-state index contributed by atoms with van der Waals surface area (Å²) in [6.45, 7) is 3.76. The van der Waals surface area contributed by atoms with Crippen LogP contribution in [0.3, 0.4) is 0 Å². The molecule has 1 N–H and O–H groups in total. The number of hydrogen-bond donors (Lipinski definition) is 1. The van der Waals surface area contributed by atoms with Crippen molar-refractivity contribution in [3.63, 3.8) is 0 Å². The van der Waals surface area contributed by atoms with E-state index in [-0.39, 0.29) is 32.9 Å².